The Balaban J connectivity index is 1.96. The minimum Gasteiger partial charge on any atom is -0.339 e. The molecule has 1 aromatic rings. The molecule has 0 saturated carbocycles. The zero-order valence-corrected chi connectivity index (χ0v) is 14.2. The lowest BCUT2D eigenvalue weighted by Gasteiger charge is -2.26. The number of halogens is 2. The van der Waals surface area contributed by atoms with E-state index < -0.39 is 18.0 Å². The van der Waals surface area contributed by atoms with Crippen molar-refractivity contribution in [2.45, 2.75) is 31.8 Å². The lowest BCUT2D eigenvalue weighted by atomic mass is 10.1. The van der Waals surface area contributed by atoms with Crippen molar-refractivity contribution < 1.29 is 14.4 Å². The quantitative estimate of drug-likeness (QED) is 0.794. The number of nitrogens with zero attached hydrogens (tertiary/aromatic N) is 1. The van der Waals surface area contributed by atoms with Crippen molar-refractivity contribution >= 4 is 41.0 Å². The Kier molecular flexibility index (Phi) is 5.49. The van der Waals surface area contributed by atoms with Gasteiger partial charge in [0.1, 0.15) is 6.04 Å². The second-order valence-corrected chi connectivity index (χ2v) is 6.24. The van der Waals surface area contributed by atoms with E-state index >= 15 is 0 Å². The summed E-state index contributed by atoms with van der Waals surface area (Å²) in [5.74, 6) is -0.545. The first-order valence-electron chi connectivity index (χ1n) is 7.11. The van der Waals surface area contributed by atoms with Crippen LogP contribution in [0.1, 0.15) is 31.4 Å². The first-order valence-corrected chi connectivity index (χ1v) is 7.87. The molecule has 0 aliphatic carbocycles. The maximum Gasteiger partial charge on any atom is 0.322 e. The number of hydrogen-bond acceptors (Lipinski definition) is 3. The molecular weight excluding hydrogens is 341 g/mol. The Morgan fingerprint density at radius 2 is 2.04 bits per heavy atom. The van der Waals surface area contributed by atoms with E-state index in [-0.39, 0.29) is 24.8 Å². The average Bonchev–Trinajstić information content (AvgIpc) is 2.81. The first kappa shape index (κ1) is 17.6. The lowest BCUT2D eigenvalue weighted by molar-refractivity contribution is -0.132. The molecule has 4 amide bonds. The number of benzene rings is 1. The molecule has 124 valence electrons. The Hall–Kier alpha value is -1.79. The predicted octanol–water partition coefficient (Wildman–Crippen LogP) is 2.50. The highest BCUT2D eigenvalue weighted by molar-refractivity contribution is 6.35. The Morgan fingerprint density at radius 1 is 1.35 bits per heavy atom. The van der Waals surface area contributed by atoms with Crippen molar-refractivity contribution in [3.8, 4) is 0 Å². The molecule has 2 N–H and O–H groups in total. The fourth-order valence-electron chi connectivity index (χ4n) is 2.37. The maximum atomic E-state index is 12.3. The summed E-state index contributed by atoms with van der Waals surface area (Å²) in [6.07, 6.45) is 0.395. The van der Waals surface area contributed by atoms with Crippen LogP contribution < -0.4 is 10.6 Å². The van der Waals surface area contributed by atoms with Gasteiger partial charge < -0.3 is 10.2 Å². The zero-order chi connectivity index (χ0) is 17.1. The van der Waals surface area contributed by atoms with Gasteiger partial charge >= 0.3 is 6.03 Å². The summed E-state index contributed by atoms with van der Waals surface area (Å²) in [4.78, 5) is 36.3. The Bertz CT molecular complexity index is 651. The highest BCUT2D eigenvalue weighted by Crippen LogP contribution is 2.29. The molecule has 0 unspecified atom stereocenters. The normalized spacial score (nSPS) is 18.3. The minimum absolute atomic E-state index is 0.141. The molecule has 8 heteroatoms. The molecule has 0 aromatic heterocycles. The van der Waals surface area contributed by atoms with Crippen molar-refractivity contribution in [1.29, 1.82) is 0 Å². The van der Waals surface area contributed by atoms with Gasteiger partial charge in [-0.15, -0.1) is 0 Å². The van der Waals surface area contributed by atoms with Gasteiger partial charge in [-0.1, -0.05) is 29.3 Å². The highest BCUT2D eigenvalue weighted by Gasteiger charge is 2.30. The van der Waals surface area contributed by atoms with E-state index in [4.69, 9.17) is 23.2 Å². The van der Waals surface area contributed by atoms with E-state index in [2.05, 4.69) is 10.6 Å². The molecule has 0 spiro atoms. The van der Waals surface area contributed by atoms with E-state index in [0.717, 1.165) is 5.56 Å². The lowest BCUT2D eigenvalue weighted by Crippen LogP contribution is -2.33. The van der Waals surface area contributed by atoms with Gasteiger partial charge in [0.05, 0.1) is 6.04 Å². The summed E-state index contributed by atoms with van der Waals surface area (Å²) in [7, 11) is 1.67. The van der Waals surface area contributed by atoms with E-state index in [1.165, 1.54) is 0 Å². The van der Waals surface area contributed by atoms with Crippen LogP contribution in [0, 0.1) is 0 Å². The van der Waals surface area contributed by atoms with Crippen molar-refractivity contribution in [1.82, 2.24) is 15.5 Å². The second-order valence-electron chi connectivity index (χ2n) is 5.40. The summed E-state index contributed by atoms with van der Waals surface area (Å²) in [5, 5.41) is 5.63. The van der Waals surface area contributed by atoms with Gasteiger partial charge in [-0.3, -0.25) is 14.9 Å². The highest BCUT2D eigenvalue weighted by atomic mass is 35.5. The van der Waals surface area contributed by atoms with Gasteiger partial charge in [0.15, 0.2) is 0 Å². The molecule has 1 heterocycles. The summed E-state index contributed by atoms with van der Waals surface area (Å²) in [5.41, 5.74) is 0.791. The Labute approximate surface area is 144 Å². The number of hydrogen-bond donors (Lipinski definition) is 2. The predicted molar refractivity (Wildman–Crippen MR) is 87.3 cm³/mol. The molecular formula is C15H17Cl2N3O3. The summed E-state index contributed by atoms with van der Waals surface area (Å²) in [6.45, 7) is 1.86. The van der Waals surface area contributed by atoms with Crippen molar-refractivity contribution in [2.75, 3.05) is 7.05 Å². The van der Waals surface area contributed by atoms with E-state index in [1.54, 1.807) is 30.1 Å². The van der Waals surface area contributed by atoms with Gasteiger partial charge in [0.2, 0.25) is 5.91 Å². The molecule has 1 aliphatic rings. The van der Waals surface area contributed by atoms with Crippen LogP contribution in [0.5, 0.6) is 0 Å². The van der Waals surface area contributed by atoms with Crippen molar-refractivity contribution in [2.24, 2.45) is 0 Å². The number of rotatable bonds is 5. The molecule has 1 fully saturated rings. The average molecular weight is 358 g/mol. The number of urea groups is 1. The molecule has 23 heavy (non-hydrogen) atoms. The van der Waals surface area contributed by atoms with Crippen LogP contribution in [0.3, 0.4) is 0 Å². The second kappa shape index (κ2) is 7.19. The van der Waals surface area contributed by atoms with Crippen LogP contribution in [-0.4, -0.2) is 35.8 Å². The fourth-order valence-corrected chi connectivity index (χ4v) is 2.94. The largest absolute Gasteiger partial charge is 0.339 e. The Morgan fingerprint density at radius 3 is 2.61 bits per heavy atom. The molecule has 1 aliphatic heterocycles. The van der Waals surface area contributed by atoms with Crippen LogP contribution >= 0.6 is 23.2 Å². The molecule has 1 saturated heterocycles. The number of carbonyl (C=O) groups is 3. The molecule has 0 bridgehead atoms. The topological polar surface area (TPSA) is 78.5 Å². The fraction of sp³-hybridized carbons (Fsp3) is 0.400. The summed E-state index contributed by atoms with van der Waals surface area (Å²) >= 11 is 12.0. The number of carbonyl (C=O) groups excluding carboxylic acids is 3. The maximum absolute atomic E-state index is 12.3. The van der Waals surface area contributed by atoms with Crippen LogP contribution in [0.25, 0.3) is 0 Å². The first-order chi connectivity index (χ1) is 10.8. The van der Waals surface area contributed by atoms with Crippen molar-refractivity contribution in [3.63, 3.8) is 0 Å². The van der Waals surface area contributed by atoms with Crippen LogP contribution in [0.4, 0.5) is 4.79 Å². The number of nitrogens with one attached hydrogen (secondary N) is 2. The van der Waals surface area contributed by atoms with Crippen molar-refractivity contribution in [3.05, 3.63) is 33.8 Å². The third-order valence-corrected chi connectivity index (χ3v) is 4.45. The van der Waals surface area contributed by atoms with Crippen LogP contribution in [0.15, 0.2) is 18.2 Å². The standard InChI is InChI=1S/C15H17Cl2N3O3/c1-8(10-4-3-9(16)7-11(10)17)20(2)13(21)6-5-12-14(22)19-15(23)18-12/h3-4,7-8,12H,5-6H2,1-2H3,(H2,18,19,22,23)/t8-,12+/m1/s1. The number of amides is 4. The van der Waals surface area contributed by atoms with Gasteiger partial charge in [-0.25, -0.2) is 4.79 Å². The van der Waals surface area contributed by atoms with Crippen LogP contribution in [0.2, 0.25) is 10.0 Å². The molecule has 6 nitrogen and oxygen atoms in total. The van der Waals surface area contributed by atoms with E-state index in [0.29, 0.717) is 10.0 Å². The van der Waals surface area contributed by atoms with Gasteiger partial charge in [0, 0.05) is 23.5 Å². The SMILES string of the molecule is C[C@H](c1ccc(Cl)cc1Cl)N(C)C(=O)CC[C@@H]1NC(=O)NC1=O. The van der Waals surface area contributed by atoms with E-state index in [9.17, 15) is 14.4 Å². The van der Waals surface area contributed by atoms with Gasteiger partial charge in [-0.05, 0) is 31.0 Å². The molecule has 2 rings (SSSR count). The zero-order valence-electron chi connectivity index (χ0n) is 12.7. The number of imide groups is 1. The summed E-state index contributed by atoms with van der Waals surface area (Å²) in [6, 6.07) is 3.71. The van der Waals surface area contributed by atoms with Gasteiger partial charge in [0.25, 0.3) is 5.91 Å². The molecule has 0 radical (unpaired) electrons. The third-order valence-electron chi connectivity index (χ3n) is 3.89. The van der Waals surface area contributed by atoms with Gasteiger partial charge in [-0.2, -0.15) is 0 Å². The van der Waals surface area contributed by atoms with Crippen LogP contribution in [-0.2, 0) is 9.59 Å². The minimum atomic E-state index is -0.658. The summed E-state index contributed by atoms with van der Waals surface area (Å²) < 4.78 is 0. The smallest absolute Gasteiger partial charge is 0.322 e. The molecule has 2 atom stereocenters. The molecule has 1 aromatic carbocycles. The van der Waals surface area contributed by atoms with E-state index in [1.807, 2.05) is 6.92 Å². The monoisotopic (exact) mass is 357 g/mol. The third kappa shape index (κ3) is 4.14.